The third kappa shape index (κ3) is 5.89. The van der Waals surface area contributed by atoms with E-state index in [9.17, 15) is 19.2 Å². The molecule has 0 atom stereocenters. The molecule has 1 fully saturated rings. The molecule has 1 aliphatic heterocycles. The third-order valence-electron chi connectivity index (χ3n) is 6.03. The van der Waals surface area contributed by atoms with Gasteiger partial charge in [0.15, 0.2) is 11.5 Å². The number of amides is 4. The molecule has 40 heavy (non-hydrogen) atoms. The Morgan fingerprint density at radius 3 is 2.40 bits per heavy atom. The van der Waals surface area contributed by atoms with E-state index in [0.717, 1.165) is 10.5 Å². The van der Waals surface area contributed by atoms with Crippen molar-refractivity contribution in [1.29, 1.82) is 0 Å². The number of imide groups is 2. The summed E-state index contributed by atoms with van der Waals surface area (Å²) in [5.41, 5.74) is 2.09. The number of ether oxygens (including phenoxy) is 3. The van der Waals surface area contributed by atoms with Gasteiger partial charge < -0.3 is 14.2 Å². The maximum Gasteiger partial charge on any atom is 0.337 e. The van der Waals surface area contributed by atoms with Crippen LogP contribution in [-0.2, 0) is 27.4 Å². The number of carbonyl (C=O) groups excluding carboxylic acids is 4. The van der Waals surface area contributed by atoms with E-state index in [1.165, 1.54) is 44.6 Å². The number of nitrogens with zero attached hydrogens (tertiary/aromatic N) is 1. The molecule has 0 radical (unpaired) electrons. The summed E-state index contributed by atoms with van der Waals surface area (Å²) in [6, 6.07) is 15.4. The lowest BCUT2D eigenvalue weighted by Crippen LogP contribution is -2.54. The molecule has 0 saturated carbocycles. The average Bonchev–Trinajstić information content (AvgIpc) is 2.95. The number of allylic oxidation sites excluding steroid dienone is 1. The Balaban J connectivity index is 1.68. The SMILES string of the molecule is C=CCc1cc(/C=C2\C(=O)NC(=O)N(c3ccc(C(=O)OC)cc3)C2=O)cc(OC)c1OCc1ccccc1Cl. The minimum Gasteiger partial charge on any atom is -0.493 e. The van der Waals surface area contributed by atoms with E-state index >= 15 is 0 Å². The third-order valence-corrected chi connectivity index (χ3v) is 6.40. The number of halogens is 1. The molecule has 0 bridgehead atoms. The lowest BCUT2D eigenvalue weighted by atomic mass is 10.0. The van der Waals surface area contributed by atoms with Crippen molar-refractivity contribution in [2.24, 2.45) is 0 Å². The van der Waals surface area contributed by atoms with Crippen LogP contribution in [0.25, 0.3) is 6.08 Å². The molecule has 204 valence electrons. The fraction of sp³-hybridized carbons (Fsp3) is 0.133. The van der Waals surface area contributed by atoms with Crippen molar-refractivity contribution in [2.75, 3.05) is 19.1 Å². The number of nitrogens with one attached hydrogen (secondary N) is 1. The van der Waals surface area contributed by atoms with Gasteiger partial charge in [-0.15, -0.1) is 6.58 Å². The fourth-order valence-corrected chi connectivity index (χ4v) is 4.27. The molecule has 3 aromatic carbocycles. The first-order chi connectivity index (χ1) is 19.3. The smallest absolute Gasteiger partial charge is 0.337 e. The first kappa shape index (κ1) is 28.1. The maximum atomic E-state index is 13.3. The number of esters is 1. The van der Waals surface area contributed by atoms with Crippen molar-refractivity contribution in [3.8, 4) is 11.5 Å². The first-order valence-electron chi connectivity index (χ1n) is 12.0. The Morgan fingerprint density at radius 1 is 1.02 bits per heavy atom. The van der Waals surface area contributed by atoms with Crippen molar-refractivity contribution in [3.63, 3.8) is 0 Å². The van der Waals surface area contributed by atoms with Crippen molar-refractivity contribution < 1.29 is 33.4 Å². The van der Waals surface area contributed by atoms with E-state index in [1.54, 1.807) is 24.3 Å². The molecule has 4 amide bonds. The van der Waals surface area contributed by atoms with Crippen LogP contribution in [0.2, 0.25) is 5.02 Å². The number of hydrogen-bond donors (Lipinski definition) is 1. The number of carbonyl (C=O) groups is 4. The molecular formula is C30H25ClN2O7. The molecule has 0 aromatic heterocycles. The van der Waals surface area contributed by atoms with Crippen LogP contribution in [0.5, 0.6) is 11.5 Å². The molecular weight excluding hydrogens is 536 g/mol. The summed E-state index contributed by atoms with van der Waals surface area (Å²) >= 11 is 6.27. The van der Waals surface area contributed by atoms with Gasteiger partial charge in [-0.25, -0.2) is 14.5 Å². The number of rotatable bonds is 9. The van der Waals surface area contributed by atoms with Gasteiger partial charge in [0.2, 0.25) is 0 Å². The predicted octanol–water partition coefficient (Wildman–Crippen LogP) is 5.11. The van der Waals surface area contributed by atoms with Crippen molar-refractivity contribution in [2.45, 2.75) is 13.0 Å². The van der Waals surface area contributed by atoms with Gasteiger partial charge in [0, 0.05) is 16.1 Å². The van der Waals surface area contributed by atoms with E-state index in [4.69, 9.17) is 21.1 Å². The predicted molar refractivity (Wildman–Crippen MR) is 149 cm³/mol. The zero-order valence-corrected chi connectivity index (χ0v) is 22.5. The highest BCUT2D eigenvalue weighted by Gasteiger charge is 2.37. The molecule has 9 nitrogen and oxygen atoms in total. The summed E-state index contributed by atoms with van der Waals surface area (Å²) in [5, 5.41) is 2.75. The summed E-state index contributed by atoms with van der Waals surface area (Å²) in [4.78, 5) is 51.2. The first-order valence-corrected chi connectivity index (χ1v) is 12.4. The van der Waals surface area contributed by atoms with Gasteiger partial charge >= 0.3 is 12.0 Å². The molecule has 0 unspecified atom stereocenters. The van der Waals surface area contributed by atoms with Gasteiger partial charge in [-0.3, -0.25) is 14.9 Å². The van der Waals surface area contributed by atoms with Crippen LogP contribution in [0, 0.1) is 0 Å². The van der Waals surface area contributed by atoms with Crippen molar-refractivity contribution in [3.05, 3.63) is 106 Å². The summed E-state index contributed by atoms with van der Waals surface area (Å²) in [7, 11) is 2.72. The van der Waals surface area contributed by atoms with Crippen molar-refractivity contribution >= 4 is 47.2 Å². The van der Waals surface area contributed by atoms with E-state index in [1.807, 2.05) is 18.2 Å². The zero-order valence-electron chi connectivity index (χ0n) is 21.7. The van der Waals surface area contributed by atoms with E-state index in [2.05, 4.69) is 16.6 Å². The summed E-state index contributed by atoms with van der Waals surface area (Å²) in [5.74, 6) is -1.41. The second-order valence-corrected chi connectivity index (χ2v) is 8.99. The van der Waals surface area contributed by atoms with Gasteiger partial charge in [0.1, 0.15) is 12.2 Å². The van der Waals surface area contributed by atoms with E-state index in [-0.39, 0.29) is 23.4 Å². The van der Waals surface area contributed by atoms with Crippen LogP contribution in [0.4, 0.5) is 10.5 Å². The largest absolute Gasteiger partial charge is 0.493 e. The summed E-state index contributed by atoms with van der Waals surface area (Å²) in [6.45, 7) is 3.99. The number of methoxy groups -OCH3 is 2. The van der Waals surface area contributed by atoms with Crippen LogP contribution >= 0.6 is 11.6 Å². The average molecular weight is 561 g/mol. The van der Waals surface area contributed by atoms with E-state index < -0.39 is 23.8 Å². The summed E-state index contributed by atoms with van der Waals surface area (Å²) in [6.07, 6.45) is 3.46. The number of urea groups is 1. The highest BCUT2D eigenvalue weighted by molar-refractivity contribution is 6.39. The molecule has 3 aromatic rings. The van der Waals surface area contributed by atoms with Gasteiger partial charge in [0.05, 0.1) is 25.5 Å². The number of benzene rings is 3. The molecule has 1 aliphatic rings. The van der Waals surface area contributed by atoms with Crippen LogP contribution < -0.4 is 19.7 Å². The van der Waals surface area contributed by atoms with Gasteiger partial charge in [-0.1, -0.05) is 35.9 Å². The topological polar surface area (TPSA) is 111 Å². The molecule has 4 rings (SSSR count). The van der Waals surface area contributed by atoms with Crippen LogP contribution in [0.15, 0.2) is 78.9 Å². The lowest BCUT2D eigenvalue weighted by molar-refractivity contribution is -0.122. The molecule has 1 heterocycles. The quantitative estimate of drug-likeness (QED) is 0.167. The Bertz CT molecular complexity index is 1530. The van der Waals surface area contributed by atoms with Crippen LogP contribution in [-0.4, -0.2) is 38.0 Å². The molecule has 0 aliphatic carbocycles. The van der Waals surface area contributed by atoms with Gasteiger partial charge in [-0.2, -0.15) is 0 Å². The van der Waals surface area contributed by atoms with E-state index in [0.29, 0.717) is 34.1 Å². The standard InChI is InChI=1S/C30H25ClN2O7/c1-4-7-20-14-18(16-25(38-2)26(20)40-17-21-8-5-6-9-24(21)31)15-23-27(34)32-30(37)33(28(23)35)22-12-10-19(11-13-22)29(36)39-3/h4-6,8-16H,1,7,17H2,2-3H3,(H,32,34,37)/b23-15+. The number of anilines is 1. The van der Waals surface area contributed by atoms with Crippen molar-refractivity contribution in [1.82, 2.24) is 5.32 Å². The number of hydrogen-bond acceptors (Lipinski definition) is 7. The van der Waals surface area contributed by atoms with Gasteiger partial charge in [-0.05, 0) is 60.5 Å². The monoisotopic (exact) mass is 560 g/mol. The highest BCUT2D eigenvalue weighted by atomic mass is 35.5. The highest BCUT2D eigenvalue weighted by Crippen LogP contribution is 2.36. The Hall–Kier alpha value is -4.89. The van der Waals surface area contributed by atoms with Crippen LogP contribution in [0.3, 0.4) is 0 Å². The molecule has 0 spiro atoms. The summed E-state index contributed by atoms with van der Waals surface area (Å²) < 4.78 is 16.3. The minimum absolute atomic E-state index is 0.168. The molecule has 1 N–H and O–H groups in total. The Kier molecular flexibility index (Phi) is 8.66. The Labute approximate surface area is 235 Å². The zero-order chi connectivity index (χ0) is 28.8. The Morgan fingerprint density at radius 2 is 1.75 bits per heavy atom. The molecule has 1 saturated heterocycles. The molecule has 10 heteroatoms. The second kappa shape index (κ2) is 12.3. The minimum atomic E-state index is -0.911. The lowest BCUT2D eigenvalue weighted by Gasteiger charge is -2.26. The normalized spacial score (nSPS) is 14.1. The second-order valence-electron chi connectivity index (χ2n) is 8.58. The van der Waals surface area contributed by atoms with Crippen LogP contribution in [0.1, 0.15) is 27.0 Å². The maximum absolute atomic E-state index is 13.3. The fourth-order valence-electron chi connectivity index (χ4n) is 4.08. The number of barbiturate groups is 1. The van der Waals surface area contributed by atoms with Gasteiger partial charge in [0.25, 0.3) is 11.8 Å².